The van der Waals surface area contributed by atoms with Gasteiger partial charge in [0.25, 0.3) is 5.91 Å². The van der Waals surface area contributed by atoms with E-state index in [4.69, 9.17) is 0 Å². The zero-order valence-corrected chi connectivity index (χ0v) is 16.4. The van der Waals surface area contributed by atoms with Gasteiger partial charge in [0, 0.05) is 46.4 Å². The molecule has 4 rings (SSSR count). The molecule has 5 nitrogen and oxygen atoms in total. The molecule has 0 unspecified atom stereocenters. The Hall–Kier alpha value is -3.69. The summed E-state index contributed by atoms with van der Waals surface area (Å²) in [5, 5.41) is 1.12. The van der Waals surface area contributed by atoms with Gasteiger partial charge in [0.15, 0.2) is 0 Å². The number of hydrogen-bond acceptors (Lipinski definition) is 3. The summed E-state index contributed by atoms with van der Waals surface area (Å²) in [4.78, 5) is 20.3. The van der Waals surface area contributed by atoms with E-state index in [0.29, 0.717) is 10.5 Å². The zero-order chi connectivity index (χ0) is 20.3. The van der Waals surface area contributed by atoms with Gasteiger partial charge >= 0.3 is 0 Å². The normalized spacial score (nSPS) is 12.6. The average molecular weight is 399 g/mol. The lowest BCUT2D eigenvalue weighted by atomic mass is 10.1. The van der Waals surface area contributed by atoms with Gasteiger partial charge in [-0.25, -0.2) is 4.21 Å². The van der Waals surface area contributed by atoms with Crippen molar-refractivity contribution in [3.63, 3.8) is 0 Å². The lowest BCUT2D eigenvalue weighted by Gasteiger charge is -2.03. The second kappa shape index (κ2) is 7.74. The summed E-state index contributed by atoms with van der Waals surface area (Å²) < 4.78 is 16.7. The van der Waals surface area contributed by atoms with Gasteiger partial charge < -0.3 is 4.98 Å². The summed E-state index contributed by atoms with van der Waals surface area (Å²) in [5.74, 6) is 5.51. The van der Waals surface area contributed by atoms with Crippen LogP contribution >= 0.6 is 0 Å². The van der Waals surface area contributed by atoms with Gasteiger partial charge in [0.2, 0.25) is 0 Å². The highest BCUT2D eigenvalue weighted by Crippen LogP contribution is 2.15. The van der Waals surface area contributed by atoms with Crippen LogP contribution in [0.4, 0.5) is 0 Å². The third-order valence-corrected chi connectivity index (χ3v) is 5.99. The third kappa shape index (κ3) is 4.26. The van der Waals surface area contributed by atoms with Crippen molar-refractivity contribution in [2.24, 2.45) is 4.36 Å². The first kappa shape index (κ1) is 18.7. The molecule has 0 aliphatic carbocycles. The molecule has 0 fully saturated rings. The largest absolute Gasteiger partial charge is 0.361 e. The van der Waals surface area contributed by atoms with Crippen molar-refractivity contribution < 1.29 is 9.00 Å². The van der Waals surface area contributed by atoms with E-state index in [1.165, 1.54) is 12.5 Å². The maximum absolute atomic E-state index is 12.8. The second-order valence-electron chi connectivity index (χ2n) is 6.50. The molecule has 0 aliphatic rings. The summed E-state index contributed by atoms with van der Waals surface area (Å²) in [6.45, 7) is 0. The molecule has 0 aliphatic heterocycles. The van der Waals surface area contributed by atoms with Crippen molar-refractivity contribution >= 4 is 26.5 Å². The molecule has 6 heteroatoms. The summed E-state index contributed by atoms with van der Waals surface area (Å²) >= 11 is 0. The fourth-order valence-corrected chi connectivity index (χ4v) is 4.02. The minimum Gasteiger partial charge on any atom is -0.361 e. The minimum atomic E-state index is -2.83. The molecule has 0 saturated carbocycles. The van der Waals surface area contributed by atoms with Gasteiger partial charge in [0.1, 0.15) is 0 Å². The lowest BCUT2D eigenvalue weighted by molar-refractivity contribution is 0.100. The highest BCUT2D eigenvalue weighted by atomic mass is 32.2. The minimum absolute atomic E-state index is 0.252. The number of rotatable bonds is 2. The highest BCUT2D eigenvalue weighted by molar-refractivity contribution is 7.93. The van der Waals surface area contributed by atoms with Crippen LogP contribution in [0, 0.1) is 11.8 Å². The fourth-order valence-electron chi connectivity index (χ4n) is 2.83. The predicted molar refractivity (Wildman–Crippen MR) is 114 cm³/mol. The second-order valence-corrected chi connectivity index (χ2v) is 8.76. The monoisotopic (exact) mass is 399 g/mol. The zero-order valence-electron chi connectivity index (χ0n) is 15.6. The standard InChI is InChI=1S/C23H17N3O2S/c1-29(28,21-5-3-2-4-6-21)26-23(27)20-13-18(15-24-16-20)8-7-17-9-10-19-11-12-25-22(19)14-17/h2-6,9-16,25H,1H3/t29-/m0/s1. The number of nitrogens with zero attached hydrogens (tertiary/aromatic N) is 2. The Morgan fingerprint density at radius 2 is 1.79 bits per heavy atom. The molecule has 0 saturated heterocycles. The van der Waals surface area contributed by atoms with Crippen LogP contribution in [-0.4, -0.2) is 26.3 Å². The number of hydrogen-bond donors (Lipinski definition) is 1. The van der Waals surface area contributed by atoms with Crippen LogP contribution in [0.25, 0.3) is 10.9 Å². The van der Waals surface area contributed by atoms with E-state index in [0.717, 1.165) is 16.5 Å². The van der Waals surface area contributed by atoms with Gasteiger partial charge in [-0.1, -0.05) is 36.1 Å². The van der Waals surface area contributed by atoms with Gasteiger partial charge in [0.05, 0.1) is 15.3 Å². The van der Waals surface area contributed by atoms with Gasteiger partial charge in [-0.05, 0) is 41.8 Å². The Morgan fingerprint density at radius 1 is 1.00 bits per heavy atom. The van der Waals surface area contributed by atoms with Crippen molar-refractivity contribution in [3.05, 3.63) is 95.9 Å². The summed E-state index contributed by atoms with van der Waals surface area (Å²) in [6, 6.07) is 18.2. The van der Waals surface area contributed by atoms with Crippen molar-refractivity contribution in [1.82, 2.24) is 9.97 Å². The number of carbonyl (C=O) groups is 1. The van der Waals surface area contributed by atoms with E-state index < -0.39 is 15.6 Å². The molecule has 2 heterocycles. The summed E-state index contributed by atoms with van der Waals surface area (Å²) in [6.07, 6.45) is 6.32. The van der Waals surface area contributed by atoms with Crippen LogP contribution in [0.15, 0.2) is 88.5 Å². The molecule has 2 aromatic heterocycles. The quantitative estimate of drug-likeness (QED) is 0.512. The van der Waals surface area contributed by atoms with Crippen LogP contribution in [-0.2, 0) is 9.73 Å². The Kier molecular flexibility index (Phi) is 4.98. The Balaban J connectivity index is 1.61. The van der Waals surface area contributed by atoms with E-state index in [1.54, 1.807) is 36.5 Å². The first-order valence-electron chi connectivity index (χ1n) is 8.87. The predicted octanol–water partition coefficient (Wildman–Crippen LogP) is 4.26. The highest BCUT2D eigenvalue weighted by Gasteiger charge is 2.11. The van der Waals surface area contributed by atoms with Crippen LogP contribution in [0.2, 0.25) is 0 Å². The molecule has 0 bridgehead atoms. The SMILES string of the molecule is C[S@@](=O)(=NC(=O)c1cncc(C#Cc2ccc3cc[nH]c3c2)c1)c1ccccc1. The molecular weight excluding hydrogens is 382 g/mol. The first-order chi connectivity index (χ1) is 14.0. The number of aromatic nitrogens is 2. The Morgan fingerprint density at radius 3 is 2.62 bits per heavy atom. The lowest BCUT2D eigenvalue weighted by Crippen LogP contribution is -2.04. The van der Waals surface area contributed by atoms with Crippen LogP contribution in [0.1, 0.15) is 21.5 Å². The van der Waals surface area contributed by atoms with E-state index >= 15 is 0 Å². The molecule has 4 aromatic rings. The van der Waals surface area contributed by atoms with Gasteiger partial charge in [-0.2, -0.15) is 4.36 Å². The topological polar surface area (TPSA) is 75.2 Å². The van der Waals surface area contributed by atoms with Crippen molar-refractivity contribution in [1.29, 1.82) is 0 Å². The van der Waals surface area contributed by atoms with Crippen molar-refractivity contribution in [2.45, 2.75) is 4.90 Å². The number of aromatic amines is 1. The van der Waals surface area contributed by atoms with Crippen LogP contribution < -0.4 is 0 Å². The van der Waals surface area contributed by atoms with E-state index in [1.807, 2.05) is 36.5 Å². The Bertz CT molecular complexity index is 1390. The smallest absolute Gasteiger partial charge is 0.286 e. The van der Waals surface area contributed by atoms with Crippen LogP contribution in [0.5, 0.6) is 0 Å². The molecule has 142 valence electrons. The molecule has 0 spiro atoms. The van der Waals surface area contributed by atoms with Crippen molar-refractivity contribution in [3.8, 4) is 11.8 Å². The summed E-state index contributed by atoms with van der Waals surface area (Å²) in [7, 11) is -2.83. The number of nitrogens with one attached hydrogen (secondary N) is 1. The molecule has 0 radical (unpaired) electrons. The number of carbonyl (C=O) groups excluding carboxylic acids is 1. The summed E-state index contributed by atoms with van der Waals surface area (Å²) in [5.41, 5.74) is 2.69. The number of H-pyrrole nitrogens is 1. The van der Waals surface area contributed by atoms with E-state index in [9.17, 15) is 9.00 Å². The molecule has 29 heavy (non-hydrogen) atoms. The molecule has 2 aromatic carbocycles. The molecule has 1 atom stereocenters. The van der Waals surface area contributed by atoms with E-state index in [2.05, 4.69) is 26.2 Å². The van der Waals surface area contributed by atoms with Gasteiger partial charge in [-0.15, -0.1) is 0 Å². The van der Waals surface area contributed by atoms with E-state index in [-0.39, 0.29) is 5.56 Å². The van der Waals surface area contributed by atoms with Gasteiger partial charge in [-0.3, -0.25) is 9.78 Å². The number of pyridine rings is 1. The maximum atomic E-state index is 12.8. The van der Waals surface area contributed by atoms with Crippen LogP contribution in [0.3, 0.4) is 0 Å². The number of fused-ring (bicyclic) bond motifs is 1. The maximum Gasteiger partial charge on any atom is 0.286 e. The third-order valence-electron chi connectivity index (χ3n) is 4.33. The first-order valence-corrected chi connectivity index (χ1v) is 10.8. The average Bonchev–Trinajstić information content (AvgIpc) is 3.21. The number of benzene rings is 2. The molecular formula is C23H17N3O2S. The van der Waals surface area contributed by atoms with Crippen molar-refractivity contribution in [2.75, 3.05) is 6.26 Å². The molecule has 1 N–H and O–H groups in total. The Labute approximate surface area is 169 Å². The fraction of sp³-hybridized carbons (Fsp3) is 0.0435. The molecule has 1 amide bonds. The number of amides is 1.